The van der Waals surface area contributed by atoms with Crippen LogP contribution in [0, 0.1) is 11.8 Å². The number of fused-ring (bicyclic) bond motifs is 2. The van der Waals surface area contributed by atoms with Crippen LogP contribution in [0.15, 0.2) is 54.6 Å². The molecule has 3 aromatic rings. The zero-order chi connectivity index (χ0) is 13.8. The second-order valence-corrected chi connectivity index (χ2v) is 4.70. The number of hydrogen-bond donors (Lipinski definition) is 0. The Balaban J connectivity index is 2.03. The topological polar surface area (TPSA) is 9.23 Å². The van der Waals surface area contributed by atoms with E-state index in [1.165, 1.54) is 16.2 Å². The predicted molar refractivity (Wildman–Crippen MR) is 85.0 cm³/mol. The van der Waals surface area contributed by atoms with Crippen molar-refractivity contribution in [1.82, 2.24) is 0 Å². The van der Waals surface area contributed by atoms with E-state index in [1.807, 2.05) is 19.1 Å². The third-order valence-electron chi connectivity index (χ3n) is 3.37. The van der Waals surface area contributed by atoms with Crippen LogP contribution in [0.4, 0.5) is 0 Å². The van der Waals surface area contributed by atoms with E-state index in [-0.39, 0.29) is 0 Å². The molecule has 3 rings (SSSR count). The summed E-state index contributed by atoms with van der Waals surface area (Å²) in [6.45, 7) is 2.48. The van der Waals surface area contributed by atoms with Crippen LogP contribution in [-0.4, -0.2) is 6.61 Å². The average molecular weight is 260 g/mol. The van der Waals surface area contributed by atoms with E-state index in [0.717, 1.165) is 17.6 Å². The van der Waals surface area contributed by atoms with Gasteiger partial charge in [-0.05, 0) is 41.3 Å². The molecule has 0 radical (unpaired) electrons. The lowest BCUT2D eigenvalue weighted by molar-refractivity contribution is 0.331. The van der Waals surface area contributed by atoms with E-state index in [4.69, 9.17) is 4.74 Å². The molecule has 0 unspecified atom stereocenters. The van der Waals surface area contributed by atoms with E-state index in [2.05, 4.69) is 54.3 Å². The minimum atomic E-state index is 0.632. The molecular formula is C19H16O. The third-order valence-corrected chi connectivity index (χ3v) is 3.37. The quantitative estimate of drug-likeness (QED) is 0.374. The van der Waals surface area contributed by atoms with Crippen molar-refractivity contribution in [3.63, 3.8) is 0 Å². The van der Waals surface area contributed by atoms with Gasteiger partial charge in [0, 0.05) is 11.8 Å². The number of ether oxygens (including phenoxy) is 1. The Labute approximate surface area is 119 Å². The molecule has 0 aliphatic carbocycles. The Morgan fingerprint density at radius 2 is 1.65 bits per heavy atom. The van der Waals surface area contributed by atoms with Crippen LogP contribution in [0.1, 0.15) is 13.3 Å². The molecule has 0 aliphatic rings. The molecular weight excluding hydrogens is 244 g/mol. The molecule has 1 heteroatoms. The maximum atomic E-state index is 5.87. The minimum Gasteiger partial charge on any atom is -0.492 e. The van der Waals surface area contributed by atoms with Crippen LogP contribution in [0.3, 0.4) is 0 Å². The van der Waals surface area contributed by atoms with E-state index in [0.29, 0.717) is 6.61 Å². The van der Waals surface area contributed by atoms with Crippen molar-refractivity contribution in [3.8, 4) is 17.6 Å². The molecule has 0 spiro atoms. The Morgan fingerprint density at radius 1 is 0.900 bits per heavy atom. The van der Waals surface area contributed by atoms with Crippen LogP contribution in [-0.2, 0) is 0 Å². The lowest BCUT2D eigenvalue weighted by Gasteiger charge is -2.09. The van der Waals surface area contributed by atoms with Gasteiger partial charge in [-0.1, -0.05) is 36.4 Å². The molecule has 0 atom stereocenters. The van der Waals surface area contributed by atoms with Crippen molar-refractivity contribution in [2.24, 2.45) is 0 Å². The summed E-state index contributed by atoms with van der Waals surface area (Å²) >= 11 is 0. The highest BCUT2D eigenvalue weighted by atomic mass is 16.5. The zero-order valence-corrected chi connectivity index (χ0v) is 11.5. The van der Waals surface area contributed by atoms with Gasteiger partial charge in [0.25, 0.3) is 0 Å². The van der Waals surface area contributed by atoms with Crippen molar-refractivity contribution in [2.75, 3.05) is 6.61 Å². The van der Waals surface area contributed by atoms with Crippen molar-refractivity contribution in [3.05, 3.63) is 54.6 Å². The molecule has 0 aromatic heterocycles. The molecule has 0 N–H and O–H groups in total. The second kappa shape index (κ2) is 5.67. The molecule has 98 valence electrons. The summed E-state index contributed by atoms with van der Waals surface area (Å²) in [5.41, 5.74) is 0. The van der Waals surface area contributed by atoms with Crippen molar-refractivity contribution in [1.29, 1.82) is 0 Å². The Morgan fingerprint density at radius 3 is 2.45 bits per heavy atom. The summed E-state index contributed by atoms with van der Waals surface area (Å²) in [7, 11) is 0. The fourth-order valence-corrected chi connectivity index (χ4v) is 2.40. The normalized spacial score (nSPS) is 10.2. The molecule has 0 fully saturated rings. The van der Waals surface area contributed by atoms with Gasteiger partial charge in [-0.15, -0.1) is 11.8 Å². The standard InChI is InChI=1S/C19H16O/c1-2-3-6-12-20-19-11-7-10-17-13-15-8-4-5-9-16(15)14-18(17)19/h4-5,7-11,13-14H,6,12H2,1H3. The van der Waals surface area contributed by atoms with Crippen LogP contribution >= 0.6 is 0 Å². The third kappa shape index (κ3) is 2.46. The van der Waals surface area contributed by atoms with Crippen molar-refractivity contribution in [2.45, 2.75) is 13.3 Å². The van der Waals surface area contributed by atoms with Gasteiger partial charge in [0.2, 0.25) is 0 Å². The van der Waals surface area contributed by atoms with Crippen LogP contribution in [0.2, 0.25) is 0 Å². The minimum absolute atomic E-state index is 0.632. The Kier molecular flexibility index (Phi) is 3.56. The molecule has 0 saturated carbocycles. The van der Waals surface area contributed by atoms with Gasteiger partial charge in [0.05, 0.1) is 6.61 Å². The summed E-state index contributed by atoms with van der Waals surface area (Å²) in [5, 5.41) is 4.87. The van der Waals surface area contributed by atoms with Crippen LogP contribution in [0.5, 0.6) is 5.75 Å². The van der Waals surface area contributed by atoms with Gasteiger partial charge in [-0.25, -0.2) is 0 Å². The highest BCUT2D eigenvalue weighted by Crippen LogP contribution is 2.29. The van der Waals surface area contributed by atoms with E-state index in [1.54, 1.807) is 0 Å². The predicted octanol–water partition coefficient (Wildman–Crippen LogP) is 4.79. The van der Waals surface area contributed by atoms with Crippen LogP contribution in [0.25, 0.3) is 21.5 Å². The summed E-state index contributed by atoms with van der Waals surface area (Å²) in [6.07, 6.45) is 0.764. The largest absolute Gasteiger partial charge is 0.492 e. The highest BCUT2D eigenvalue weighted by Gasteiger charge is 2.03. The molecule has 0 aliphatic heterocycles. The van der Waals surface area contributed by atoms with Gasteiger partial charge < -0.3 is 4.74 Å². The van der Waals surface area contributed by atoms with Crippen molar-refractivity contribution < 1.29 is 4.74 Å². The molecule has 0 bridgehead atoms. The smallest absolute Gasteiger partial charge is 0.127 e. The van der Waals surface area contributed by atoms with Gasteiger partial charge in [0.1, 0.15) is 5.75 Å². The first-order valence-electron chi connectivity index (χ1n) is 6.82. The summed E-state index contributed by atoms with van der Waals surface area (Å²) < 4.78 is 5.87. The summed E-state index contributed by atoms with van der Waals surface area (Å²) in [5.74, 6) is 6.84. The molecule has 3 aromatic carbocycles. The van der Waals surface area contributed by atoms with Gasteiger partial charge in [-0.2, -0.15) is 0 Å². The Hall–Kier alpha value is -2.46. The van der Waals surface area contributed by atoms with E-state index in [9.17, 15) is 0 Å². The molecule has 1 nitrogen and oxygen atoms in total. The molecule has 20 heavy (non-hydrogen) atoms. The second-order valence-electron chi connectivity index (χ2n) is 4.70. The van der Waals surface area contributed by atoms with Gasteiger partial charge in [0.15, 0.2) is 0 Å². The Bertz CT molecular complexity index is 806. The monoisotopic (exact) mass is 260 g/mol. The highest BCUT2D eigenvalue weighted by molar-refractivity contribution is 6.00. The van der Waals surface area contributed by atoms with Crippen molar-refractivity contribution >= 4 is 21.5 Å². The SMILES string of the molecule is CC#CCCOc1cccc2cc3ccccc3cc12. The first-order valence-corrected chi connectivity index (χ1v) is 6.82. The number of benzene rings is 3. The maximum absolute atomic E-state index is 5.87. The van der Waals surface area contributed by atoms with Gasteiger partial charge in [-0.3, -0.25) is 0 Å². The first-order chi connectivity index (χ1) is 9.88. The molecule has 0 amide bonds. The van der Waals surface area contributed by atoms with Crippen LogP contribution < -0.4 is 4.74 Å². The lowest BCUT2D eigenvalue weighted by Crippen LogP contribution is -1.96. The average Bonchev–Trinajstić information content (AvgIpc) is 2.50. The first kappa shape index (κ1) is 12.6. The lowest BCUT2D eigenvalue weighted by atomic mass is 10.0. The number of rotatable bonds is 3. The van der Waals surface area contributed by atoms with Gasteiger partial charge >= 0.3 is 0 Å². The van der Waals surface area contributed by atoms with E-state index >= 15 is 0 Å². The summed E-state index contributed by atoms with van der Waals surface area (Å²) in [4.78, 5) is 0. The molecule has 0 heterocycles. The molecule has 0 saturated heterocycles. The fourth-order valence-electron chi connectivity index (χ4n) is 2.40. The summed E-state index contributed by atoms with van der Waals surface area (Å²) in [6, 6.07) is 19.0. The van der Waals surface area contributed by atoms with E-state index < -0.39 is 0 Å². The fraction of sp³-hybridized carbons (Fsp3) is 0.158. The number of hydrogen-bond acceptors (Lipinski definition) is 1. The maximum Gasteiger partial charge on any atom is 0.127 e. The zero-order valence-electron chi connectivity index (χ0n) is 11.5.